The highest BCUT2D eigenvalue weighted by molar-refractivity contribution is 6.19. The Morgan fingerprint density at radius 2 is 1.14 bits per heavy atom. The molecule has 0 aliphatic carbocycles. The quantitative estimate of drug-likeness (QED) is 0.0803. The van der Waals surface area contributed by atoms with Crippen LogP contribution in [0.1, 0.15) is 16.7 Å². The average Bonchev–Trinajstić information content (AvgIpc) is 3.02. The molecule has 0 saturated carbocycles. The molecule has 0 aliphatic rings. The van der Waals surface area contributed by atoms with Crippen LogP contribution in [0.5, 0.6) is 34.5 Å². The largest absolute Gasteiger partial charge is 0.508 e. The Kier molecular flexibility index (Phi) is 10.1. The standard InChI is InChI=1S/C34H32N2O8/c1-43-31-19-22(5-13-29(31)39)17-27(33(41)35-16-15-21-3-9-25(37)10-4-21)28(18-23-6-14-30(40)32(20-23)44-2)34(42)36-24-7-11-26(38)12-8-24/h3-14,17-20,37-40H,15-16H2,1-2H3,(H,35,41)(H,36,42). The van der Waals surface area contributed by atoms with E-state index in [1.807, 2.05) is 0 Å². The minimum atomic E-state index is -0.631. The highest BCUT2D eigenvalue weighted by atomic mass is 16.5. The zero-order valence-electron chi connectivity index (χ0n) is 24.1. The van der Waals surface area contributed by atoms with E-state index in [-0.39, 0.29) is 52.2 Å². The first-order chi connectivity index (χ1) is 21.2. The summed E-state index contributed by atoms with van der Waals surface area (Å²) in [6, 6.07) is 21.5. The molecular weight excluding hydrogens is 564 g/mol. The van der Waals surface area contributed by atoms with Gasteiger partial charge in [-0.25, -0.2) is 0 Å². The molecule has 0 radical (unpaired) electrons. The predicted octanol–water partition coefficient (Wildman–Crippen LogP) is 4.99. The smallest absolute Gasteiger partial charge is 0.256 e. The minimum Gasteiger partial charge on any atom is -0.508 e. The first-order valence-corrected chi connectivity index (χ1v) is 13.5. The fraction of sp³-hybridized carbons (Fsp3) is 0.118. The van der Waals surface area contributed by atoms with Gasteiger partial charge >= 0.3 is 0 Å². The van der Waals surface area contributed by atoms with Crippen LogP contribution >= 0.6 is 0 Å². The number of aromatic hydroxyl groups is 4. The first-order valence-electron chi connectivity index (χ1n) is 13.5. The summed E-state index contributed by atoms with van der Waals surface area (Å²) in [5.41, 5.74) is 2.15. The van der Waals surface area contributed by atoms with Gasteiger partial charge < -0.3 is 40.5 Å². The molecule has 0 saturated heterocycles. The molecule has 0 heterocycles. The maximum absolute atomic E-state index is 13.8. The molecule has 0 bridgehead atoms. The zero-order valence-corrected chi connectivity index (χ0v) is 24.1. The van der Waals surface area contributed by atoms with Crippen molar-refractivity contribution in [1.29, 1.82) is 0 Å². The number of nitrogens with one attached hydrogen (secondary N) is 2. The van der Waals surface area contributed by atoms with Crippen molar-refractivity contribution in [2.45, 2.75) is 6.42 Å². The number of anilines is 1. The number of hydrogen-bond acceptors (Lipinski definition) is 8. The first kappa shape index (κ1) is 31.0. The van der Waals surface area contributed by atoms with Crippen LogP contribution in [0.4, 0.5) is 5.69 Å². The monoisotopic (exact) mass is 596 g/mol. The van der Waals surface area contributed by atoms with Crippen molar-refractivity contribution in [2.24, 2.45) is 0 Å². The van der Waals surface area contributed by atoms with E-state index < -0.39 is 11.8 Å². The average molecular weight is 597 g/mol. The Balaban J connectivity index is 1.79. The van der Waals surface area contributed by atoms with E-state index in [1.165, 1.54) is 74.9 Å². The van der Waals surface area contributed by atoms with Gasteiger partial charge in [0.25, 0.3) is 11.8 Å². The fourth-order valence-electron chi connectivity index (χ4n) is 4.25. The molecule has 6 N–H and O–H groups in total. The summed E-state index contributed by atoms with van der Waals surface area (Å²) in [4.78, 5) is 27.6. The molecule has 4 rings (SSSR count). The van der Waals surface area contributed by atoms with Gasteiger partial charge in [0, 0.05) is 12.2 Å². The number of phenols is 4. The lowest BCUT2D eigenvalue weighted by Crippen LogP contribution is -2.30. The number of phenolic OH excluding ortho intramolecular Hbond substituents is 4. The third kappa shape index (κ3) is 8.10. The van der Waals surface area contributed by atoms with Crippen LogP contribution in [-0.4, -0.2) is 53.0 Å². The number of hydrogen-bond donors (Lipinski definition) is 6. The van der Waals surface area contributed by atoms with E-state index in [2.05, 4.69) is 10.6 Å². The van der Waals surface area contributed by atoms with Gasteiger partial charge in [-0.1, -0.05) is 24.3 Å². The summed E-state index contributed by atoms with van der Waals surface area (Å²) in [5, 5.41) is 45.1. The van der Waals surface area contributed by atoms with E-state index in [4.69, 9.17) is 9.47 Å². The Hall–Kier alpha value is -5.90. The van der Waals surface area contributed by atoms with Crippen LogP contribution < -0.4 is 20.1 Å². The molecule has 0 fully saturated rings. The van der Waals surface area contributed by atoms with Crippen molar-refractivity contribution in [3.8, 4) is 34.5 Å². The molecule has 4 aromatic carbocycles. The van der Waals surface area contributed by atoms with Crippen LogP contribution in [-0.2, 0) is 16.0 Å². The van der Waals surface area contributed by atoms with Gasteiger partial charge in [-0.15, -0.1) is 0 Å². The van der Waals surface area contributed by atoms with Crippen molar-refractivity contribution in [3.63, 3.8) is 0 Å². The van der Waals surface area contributed by atoms with Gasteiger partial charge in [0.05, 0.1) is 25.4 Å². The van der Waals surface area contributed by atoms with Crippen molar-refractivity contribution in [3.05, 3.63) is 113 Å². The fourth-order valence-corrected chi connectivity index (χ4v) is 4.25. The minimum absolute atomic E-state index is 0.00762. The molecule has 10 heteroatoms. The summed E-state index contributed by atoms with van der Waals surface area (Å²) < 4.78 is 10.5. The number of methoxy groups -OCH3 is 2. The number of ether oxygens (including phenoxy) is 2. The second-order valence-electron chi connectivity index (χ2n) is 9.65. The molecular formula is C34H32N2O8. The maximum atomic E-state index is 13.8. The van der Waals surface area contributed by atoms with Crippen molar-refractivity contribution in [1.82, 2.24) is 5.32 Å². The summed E-state index contributed by atoms with van der Waals surface area (Å²) in [5.74, 6) is -0.892. The normalized spacial score (nSPS) is 11.5. The lowest BCUT2D eigenvalue weighted by molar-refractivity contribution is -0.118. The zero-order chi connectivity index (χ0) is 31.6. The molecule has 2 amide bonds. The van der Waals surface area contributed by atoms with Gasteiger partial charge in [0.15, 0.2) is 23.0 Å². The number of benzene rings is 4. The predicted molar refractivity (Wildman–Crippen MR) is 167 cm³/mol. The van der Waals surface area contributed by atoms with Crippen molar-refractivity contribution < 1.29 is 39.5 Å². The van der Waals surface area contributed by atoms with E-state index >= 15 is 0 Å². The Labute approximate surface area is 254 Å². The molecule has 0 atom stereocenters. The second-order valence-corrected chi connectivity index (χ2v) is 9.65. The summed E-state index contributed by atoms with van der Waals surface area (Å²) in [7, 11) is 2.79. The Bertz CT molecular complexity index is 1690. The molecule has 226 valence electrons. The van der Waals surface area contributed by atoms with E-state index in [9.17, 15) is 30.0 Å². The Morgan fingerprint density at radius 3 is 1.64 bits per heavy atom. The number of amides is 2. The summed E-state index contributed by atoms with van der Waals surface area (Å²) in [6.07, 6.45) is 3.44. The molecule has 0 spiro atoms. The molecule has 0 aliphatic heterocycles. The topological polar surface area (TPSA) is 158 Å². The second kappa shape index (κ2) is 14.3. The van der Waals surface area contributed by atoms with Crippen LogP contribution in [0.3, 0.4) is 0 Å². The SMILES string of the molecule is COc1cc(C=C(C(=O)NCCc2ccc(O)cc2)C(=Cc2ccc(O)c(OC)c2)C(=O)Nc2ccc(O)cc2)ccc1O. The van der Waals surface area contributed by atoms with Crippen LogP contribution in [0.25, 0.3) is 12.2 Å². The van der Waals surface area contributed by atoms with Crippen LogP contribution in [0, 0.1) is 0 Å². The molecule has 4 aromatic rings. The van der Waals surface area contributed by atoms with Crippen LogP contribution in [0.15, 0.2) is 96.1 Å². The third-order valence-corrected chi connectivity index (χ3v) is 6.57. The van der Waals surface area contributed by atoms with Crippen molar-refractivity contribution in [2.75, 3.05) is 26.1 Å². The number of carbonyl (C=O) groups is 2. The van der Waals surface area contributed by atoms with E-state index in [0.717, 1.165) is 5.56 Å². The summed E-state index contributed by atoms with van der Waals surface area (Å²) in [6.45, 7) is 0.222. The lowest BCUT2D eigenvalue weighted by atomic mass is 9.97. The van der Waals surface area contributed by atoms with Gasteiger partial charge in [-0.2, -0.15) is 0 Å². The van der Waals surface area contributed by atoms with Gasteiger partial charge in [0.2, 0.25) is 0 Å². The Morgan fingerprint density at radius 1 is 0.659 bits per heavy atom. The maximum Gasteiger partial charge on any atom is 0.256 e. The molecule has 10 nitrogen and oxygen atoms in total. The molecule has 44 heavy (non-hydrogen) atoms. The molecule has 0 aromatic heterocycles. The van der Waals surface area contributed by atoms with Gasteiger partial charge in [-0.05, 0) is 95.9 Å². The van der Waals surface area contributed by atoms with E-state index in [1.54, 1.807) is 36.4 Å². The van der Waals surface area contributed by atoms with E-state index in [0.29, 0.717) is 23.2 Å². The number of carbonyl (C=O) groups excluding carboxylic acids is 2. The van der Waals surface area contributed by atoms with Crippen molar-refractivity contribution >= 4 is 29.7 Å². The summed E-state index contributed by atoms with van der Waals surface area (Å²) >= 11 is 0. The van der Waals surface area contributed by atoms with Gasteiger partial charge in [0.1, 0.15) is 11.5 Å². The highest BCUT2D eigenvalue weighted by Gasteiger charge is 2.22. The molecule has 0 unspecified atom stereocenters. The lowest BCUT2D eigenvalue weighted by Gasteiger charge is -2.15. The number of rotatable bonds is 11. The van der Waals surface area contributed by atoms with Crippen LogP contribution in [0.2, 0.25) is 0 Å². The third-order valence-electron chi connectivity index (χ3n) is 6.57. The van der Waals surface area contributed by atoms with Gasteiger partial charge in [-0.3, -0.25) is 9.59 Å². The highest BCUT2D eigenvalue weighted by Crippen LogP contribution is 2.31.